The van der Waals surface area contributed by atoms with Crippen LogP contribution in [0.3, 0.4) is 0 Å². The second-order valence-electron chi connectivity index (χ2n) is 4.44. The van der Waals surface area contributed by atoms with Gasteiger partial charge in [-0.25, -0.2) is 0 Å². The van der Waals surface area contributed by atoms with Crippen LogP contribution in [0, 0.1) is 0 Å². The second kappa shape index (κ2) is 3.63. The molecule has 0 aromatic heterocycles. The average Bonchev–Trinajstić information content (AvgIpc) is 2.44. The van der Waals surface area contributed by atoms with Gasteiger partial charge in [0.05, 0.1) is 11.4 Å². The Balaban J connectivity index is 2.08. The summed E-state index contributed by atoms with van der Waals surface area (Å²) in [5.41, 5.74) is 2.97. The van der Waals surface area contributed by atoms with Gasteiger partial charge in [0.15, 0.2) is 5.78 Å². The Hall–Kier alpha value is -1.24. The molecule has 0 bridgehead atoms. The summed E-state index contributed by atoms with van der Waals surface area (Å²) in [6, 6.07) is 3.58. The molecule has 0 unspecified atom stereocenters. The Morgan fingerprint density at radius 3 is 2.47 bits per heavy atom. The maximum absolute atomic E-state index is 11.9. The Kier molecular flexibility index (Phi) is 2.32. The first-order chi connectivity index (χ1) is 8.05. The summed E-state index contributed by atoms with van der Waals surface area (Å²) in [5, 5.41) is 0. The molecule has 0 saturated heterocycles. The molecule has 1 aliphatic carbocycles. The molecule has 6 heteroatoms. The summed E-state index contributed by atoms with van der Waals surface area (Å²) in [7, 11) is -2.97. The third-order valence-electron chi connectivity index (χ3n) is 3.15. The van der Waals surface area contributed by atoms with Gasteiger partial charge in [0, 0.05) is 12.0 Å². The standard InChI is InChI=1S/C11H14N2O3S/c14-11-4-2-1-3-7-5-9-10(6-8(7)11)13-17(15,16)12-9/h5-6,12-13,15-16H,1-4H2. The number of hydrogen-bond donors (Lipinski definition) is 4. The minimum atomic E-state index is -2.97. The first-order valence-corrected chi connectivity index (χ1v) is 7.14. The number of ketones is 1. The summed E-state index contributed by atoms with van der Waals surface area (Å²) in [6.45, 7) is 0. The van der Waals surface area contributed by atoms with Crippen LogP contribution in [0.25, 0.3) is 0 Å². The number of aryl methyl sites for hydroxylation is 1. The molecule has 4 N–H and O–H groups in total. The summed E-state index contributed by atoms with van der Waals surface area (Å²) in [6.07, 6.45) is 3.38. The lowest BCUT2D eigenvalue weighted by Crippen LogP contribution is -2.08. The molecule has 0 radical (unpaired) electrons. The molecular weight excluding hydrogens is 240 g/mol. The number of rotatable bonds is 0. The Morgan fingerprint density at radius 2 is 1.71 bits per heavy atom. The van der Waals surface area contributed by atoms with Crippen LogP contribution < -0.4 is 9.44 Å². The van der Waals surface area contributed by atoms with Crippen molar-refractivity contribution in [1.82, 2.24) is 0 Å². The minimum absolute atomic E-state index is 0.144. The molecule has 5 nitrogen and oxygen atoms in total. The molecule has 17 heavy (non-hydrogen) atoms. The van der Waals surface area contributed by atoms with Gasteiger partial charge in [-0.1, -0.05) is 0 Å². The molecule has 0 spiro atoms. The van der Waals surface area contributed by atoms with Crippen LogP contribution in [0.15, 0.2) is 12.1 Å². The van der Waals surface area contributed by atoms with Crippen LogP contribution in [0.1, 0.15) is 35.2 Å². The highest BCUT2D eigenvalue weighted by Crippen LogP contribution is 2.50. The van der Waals surface area contributed by atoms with Crippen molar-refractivity contribution in [2.24, 2.45) is 0 Å². The number of hydrogen-bond acceptors (Lipinski definition) is 5. The third-order valence-corrected chi connectivity index (χ3v) is 4.16. The monoisotopic (exact) mass is 254 g/mol. The van der Waals surface area contributed by atoms with E-state index in [1.54, 1.807) is 6.07 Å². The molecule has 0 fully saturated rings. The Bertz CT molecular complexity index is 502. The fourth-order valence-corrected chi connectivity index (χ4v) is 3.35. The smallest absolute Gasteiger partial charge is 0.163 e. The van der Waals surface area contributed by atoms with Crippen molar-refractivity contribution >= 4 is 28.1 Å². The van der Waals surface area contributed by atoms with Crippen LogP contribution >= 0.6 is 11.0 Å². The van der Waals surface area contributed by atoms with Crippen molar-refractivity contribution in [3.8, 4) is 0 Å². The van der Waals surface area contributed by atoms with E-state index in [9.17, 15) is 13.9 Å². The van der Waals surface area contributed by atoms with E-state index in [4.69, 9.17) is 0 Å². The first-order valence-electron chi connectivity index (χ1n) is 5.59. The van der Waals surface area contributed by atoms with Crippen molar-refractivity contribution in [1.29, 1.82) is 0 Å². The molecule has 1 aliphatic heterocycles. The van der Waals surface area contributed by atoms with Gasteiger partial charge in [-0.05, 0) is 47.9 Å². The number of Topliss-reactive ketones (excluding diaryl/α,β-unsaturated/α-hetero) is 1. The van der Waals surface area contributed by atoms with E-state index in [0.29, 0.717) is 23.4 Å². The molecule has 2 aliphatic rings. The van der Waals surface area contributed by atoms with Crippen molar-refractivity contribution in [3.05, 3.63) is 23.3 Å². The number of carbonyl (C=O) groups excluding carboxylic acids is 1. The number of fused-ring (bicyclic) bond motifs is 2. The zero-order valence-electron chi connectivity index (χ0n) is 9.19. The van der Waals surface area contributed by atoms with Gasteiger partial charge in [-0.15, -0.1) is 0 Å². The summed E-state index contributed by atoms with van der Waals surface area (Å²) in [4.78, 5) is 11.9. The van der Waals surface area contributed by atoms with E-state index < -0.39 is 11.0 Å². The van der Waals surface area contributed by atoms with Crippen molar-refractivity contribution in [3.63, 3.8) is 0 Å². The zero-order valence-corrected chi connectivity index (χ0v) is 10.0. The van der Waals surface area contributed by atoms with Crippen LogP contribution in [0.5, 0.6) is 0 Å². The summed E-state index contributed by atoms with van der Waals surface area (Å²) in [5.74, 6) is 0.144. The van der Waals surface area contributed by atoms with Gasteiger partial charge >= 0.3 is 0 Å². The molecular formula is C11H14N2O3S. The van der Waals surface area contributed by atoms with Crippen molar-refractivity contribution < 1.29 is 13.9 Å². The predicted octanol–water partition coefficient (Wildman–Crippen LogP) is 3.01. The van der Waals surface area contributed by atoms with Crippen LogP contribution in [0.4, 0.5) is 11.4 Å². The summed E-state index contributed by atoms with van der Waals surface area (Å²) < 4.78 is 24.3. The van der Waals surface area contributed by atoms with Gasteiger partial charge in [0.1, 0.15) is 0 Å². The van der Waals surface area contributed by atoms with Crippen molar-refractivity contribution in [2.75, 3.05) is 9.44 Å². The molecule has 1 aromatic carbocycles. The van der Waals surface area contributed by atoms with Gasteiger partial charge in [-0.2, -0.15) is 0 Å². The molecule has 92 valence electrons. The van der Waals surface area contributed by atoms with Gasteiger partial charge < -0.3 is 0 Å². The Morgan fingerprint density at radius 1 is 1.06 bits per heavy atom. The number of anilines is 2. The molecule has 3 rings (SSSR count). The highest BCUT2D eigenvalue weighted by molar-refractivity contribution is 8.26. The predicted molar refractivity (Wildman–Crippen MR) is 68.4 cm³/mol. The zero-order chi connectivity index (χ0) is 12.0. The SMILES string of the molecule is O=C1CCCCc2cc3c(cc21)NS(O)(O)N3. The van der Waals surface area contributed by atoms with E-state index >= 15 is 0 Å². The minimum Gasteiger partial charge on any atom is -0.294 e. The molecule has 1 heterocycles. The normalized spacial score (nSPS) is 22.8. The van der Waals surface area contributed by atoms with E-state index in [-0.39, 0.29) is 5.78 Å². The van der Waals surface area contributed by atoms with E-state index in [1.807, 2.05) is 6.07 Å². The largest absolute Gasteiger partial charge is 0.294 e. The van der Waals surface area contributed by atoms with Crippen LogP contribution in [-0.4, -0.2) is 14.9 Å². The number of nitrogens with one attached hydrogen (secondary N) is 2. The highest BCUT2D eigenvalue weighted by Gasteiger charge is 2.26. The molecule has 0 saturated carbocycles. The lowest BCUT2D eigenvalue weighted by Gasteiger charge is -2.26. The average molecular weight is 254 g/mol. The number of carbonyl (C=O) groups is 1. The fraction of sp³-hybridized carbons (Fsp3) is 0.364. The fourth-order valence-electron chi connectivity index (χ4n) is 2.35. The summed E-state index contributed by atoms with van der Waals surface area (Å²) >= 11 is 0. The van der Waals surface area contributed by atoms with Crippen LogP contribution in [-0.2, 0) is 6.42 Å². The molecule has 0 atom stereocenters. The maximum Gasteiger partial charge on any atom is 0.163 e. The third kappa shape index (κ3) is 1.88. The van der Waals surface area contributed by atoms with E-state index in [2.05, 4.69) is 9.44 Å². The topological polar surface area (TPSA) is 81.6 Å². The second-order valence-corrected chi connectivity index (χ2v) is 5.94. The Labute approximate surface area is 101 Å². The maximum atomic E-state index is 11.9. The van der Waals surface area contributed by atoms with E-state index in [1.165, 1.54) is 0 Å². The van der Waals surface area contributed by atoms with Crippen molar-refractivity contribution in [2.45, 2.75) is 25.7 Å². The quantitative estimate of drug-likeness (QED) is 0.535. The first kappa shape index (κ1) is 10.9. The van der Waals surface area contributed by atoms with Gasteiger partial charge in [-0.3, -0.25) is 23.3 Å². The number of benzene rings is 1. The van der Waals surface area contributed by atoms with Gasteiger partial charge in [0.25, 0.3) is 0 Å². The van der Waals surface area contributed by atoms with E-state index in [0.717, 1.165) is 24.8 Å². The molecule has 0 amide bonds. The lowest BCUT2D eigenvalue weighted by molar-refractivity contribution is 0.0982. The highest BCUT2D eigenvalue weighted by atomic mass is 32.3. The lowest BCUT2D eigenvalue weighted by atomic mass is 10.0. The van der Waals surface area contributed by atoms with Gasteiger partial charge in [0.2, 0.25) is 0 Å². The van der Waals surface area contributed by atoms with Crippen LogP contribution in [0.2, 0.25) is 0 Å². The molecule has 1 aromatic rings.